The summed E-state index contributed by atoms with van der Waals surface area (Å²) >= 11 is 0. The Morgan fingerprint density at radius 1 is 0.704 bits per heavy atom. The number of hydrogen-bond donors (Lipinski definition) is 0. The average Bonchev–Trinajstić information content (AvgIpc) is 2.56. The topological polar surface area (TPSA) is 98.7 Å². The Kier molecular flexibility index (Phi) is 14.1. The van der Waals surface area contributed by atoms with Gasteiger partial charge in [-0.05, 0) is 25.0 Å². The molecule has 0 aromatic heterocycles. The smallest absolute Gasteiger partial charge is 0.778 e. The molecule has 2 aromatic rings. The predicted octanol–water partition coefficient (Wildman–Crippen LogP) is 3.17. The SMILES string of the molecule is CCOP(=O)([O-])Cc1ccccc1.CCOP(=O)([O-])Cc1ccccc1.[Ca+2]. The van der Waals surface area contributed by atoms with E-state index >= 15 is 0 Å². The summed E-state index contributed by atoms with van der Waals surface area (Å²) in [7, 11) is -7.33. The van der Waals surface area contributed by atoms with Crippen LogP contribution in [0.25, 0.3) is 0 Å². The van der Waals surface area contributed by atoms with Crippen LogP contribution in [0.5, 0.6) is 0 Å². The van der Waals surface area contributed by atoms with Crippen LogP contribution in [-0.4, -0.2) is 51.0 Å². The first-order valence-electron chi connectivity index (χ1n) is 8.25. The zero-order chi connectivity index (χ0) is 19.5. The molecular formula is C18H24CaO6P2. The molecule has 0 radical (unpaired) electrons. The molecule has 0 saturated heterocycles. The monoisotopic (exact) mass is 438 g/mol. The molecule has 9 heteroatoms. The van der Waals surface area contributed by atoms with Crippen molar-refractivity contribution >= 4 is 52.9 Å². The third-order valence-electron chi connectivity index (χ3n) is 3.09. The second-order valence-corrected chi connectivity index (χ2v) is 8.94. The summed E-state index contributed by atoms with van der Waals surface area (Å²) in [6.07, 6.45) is -0.0522. The minimum Gasteiger partial charge on any atom is -0.778 e. The van der Waals surface area contributed by atoms with Crippen LogP contribution in [0.3, 0.4) is 0 Å². The molecule has 0 N–H and O–H groups in total. The fraction of sp³-hybridized carbons (Fsp3) is 0.333. The summed E-state index contributed by atoms with van der Waals surface area (Å²) in [6.45, 7) is 3.73. The number of hydrogen-bond acceptors (Lipinski definition) is 6. The molecule has 27 heavy (non-hydrogen) atoms. The van der Waals surface area contributed by atoms with E-state index in [1.165, 1.54) is 0 Å². The molecule has 2 atom stereocenters. The molecule has 0 fully saturated rings. The van der Waals surface area contributed by atoms with Crippen LogP contribution in [0.4, 0.5) is 0 Å². The molecule has 0 aliphatic carbocycles. The van der Waals surface area contributed by atoms with E-state index in [4.69, 9.17) is 0 Å². The molecule has 0 bridgehead atoms. The summed E-state index contributed by atoms with van der Waals surface area (Å²) < 4.78 is 31.7. The number of rotatable bonds is 8. The van der Waals surface area contributed by atoms with E-state index in [9.17, 15) is 18.9 Å². The van der Waals surface area contributed by atoms with Crippen molar-refractivity contribution in [2.75, 3.05) is 13.2 Å². The quantitative estimate of drug-likeness (QED) is 0.464. The third kappa shape index (κ3) is 13.0. The van der Waals surface area contributed by atoms with Gasteiger partial charge in [0.2, 0.25) is 0 Å². The average molecular weight is 438 g/mol. The second-order valence-electron chi connectivity index (χ2n) is 5.34. The van der Waals surface area contributed by atoms with E-state index in [-0.39, 0.29) is 63.3 Å². The Balaban J connectivity index is 0.000000483. The van der Waals surface area contributed by atoms with Crippen LogP contribution in [0.15, 0.2) is 60.7 Å². The van der Waals surface area contributed by atoms with Crippen LogP contribution in [0, 0.1) is 0 Å². The maximum absolute atomic E-state index is 11.2. The summed E-state index contributed by atoms with van der Waals surface area (Å²) in [5.41, 5.74) is 1.52. The molecule has 144 valence electrons. The summed E-state index contributed by atoms with van der Waals surface area (Å²) in [6, 6.07) is 18.0. The fourth-order valence-electron chi connectivity index (χ4n) is 2.10. The number of benzene rings is 2. The summed E-state index contributed by atoms with van der Waals surface area (Å²) in [4.78, 5) is 22.4. The maximum atomic E-state index is 11.2. The van der Waals surface area contributed by atoms with Crippen LogP contribution in [0.2, 0.25) is 0 Å². The normalized spacial score (nSPS) is 14.7. The van der Waals surface area contributed by atoms with Crippen molar-refractivity contribution in [2.24, 2.45) is 0 Å². The van der Waals surface area contributed by atoms with Gasteiger partial charge >= 0.3 is 37.7 Å². The molecule has 0 aliphatic rings. The Morgan fingerprint density at radius 3 is 1.26 bits per heavy atom. The Bertz CT molecular complexity index is 664. The van der Waals surface area contributed by atoms with Crippen LogP contribution in [-0.2, 0) is 30.5 Å². The third-order valence-corrected chi connectivity index (χ3v) is 5.90. The molecular weight excluding hydrogens is 414 g/mol. The Morgan fingerprint density at radius 2 is 1.00 bits per heavy atom. The van der Waals surface area contributed by atoms with Gasteiger partial charge in [0.1, 0.15) is 15.2 Å². The zero-order valence-electron chi connectivity index (χ0n) is 15.7. The van der Waals surface area contributed by atoms with Crippen LogP contribution >= 0.6 is 15.2 Å². The van der Waals surface area contributed by atoms with E-state index in [1.54, 1.807) is 62.4 Å². The van der Waals surface area contributed by atoms with Gasteiger partial charge in [0.05, 0.1) is 13.2 Å². The van der Waals surface area contributed by atoms with Gasteiger partial charge in [-0.25, -0.2) is 0 Å². The molecule has 0 spiro atoms. The van der Waals surface area contributed by atoms with Gasteiger partial charge in [-0.2, -0.15) is 0 Å². The summed E-state index contributed by atoms with van der Waals surface area (Å²) in [5.74, 6) is 0. The molecule has 6 nitrogen and oxygen atoms in total. The van der Waals surface area contributed by atoms with Gasteiger partial charge in [-0.3, -0.25) is 0 Å². The van der Waals surface area contributed by atoms with Gasteiger partial charge in [-0.15, -0.1) is 0 Å². The van der Waals surface area contributed by atoms with E-state index in [0.29, 0.717) is 0 Å². The minimum absolute atomic E-state index is 0. The summed E-state index contributed by atoms with van der Waals surface area (Å²) in [5, 5.41) is 0. The maximum Gasteiger partial charge on any atom is 2.00 e. The van der Waals surface area contributed by atoms with Crippen molar-refractivity contribution in [1.29, 1.82) is 0 Å². The minimum atomic E-state index is -3.66. The van der Waals surface area contributed by atoms with Gasteiger partial charge in [-0.1, -0.05) is 60.7 Å². The molecule has 0 heterocycles. The standard InChI is InChI=1S/2C9H13O3P.Ca/c2*1-2-12-13(10,11)8-9-6-4-3-5-7-9;/h2*3-7H,2,8H2,1H3,(H,10,11);/q;;+2/p-2. The van der Waals surface area contributed by atoms with E-state index < -0.39 is 15.2 Å². The molecule has 0 aliphatic heterocycles. The first-order chi connectivity index (χ1) is 12.3. The van der Waals surface area contributed by atoms with Crippen LogP contribution < -0.4 is 9.79 Å². The van der Waals surface area contributed by atoms with Gasteiger partial charge in [0.15, 0.2) is 0 Å². The van der Waals surface area contributed by atoms with E-state index in [0.717, 1.165) is 11.1 Å². The van der Waals surface area contributed by atoms with Gasteiger partial charge in [0, 0.05) is 12.3 Å². The first kappa shape index (κ1) is 27.0. The fourth-order valence-corrected chi connectivity index (χ4v) is 4.38. The van der Waals surface area contributed by atoms with Crippen LogP contribution in [0.1, 0.15) is 25.0 Å². The second kappa shape index (κ2) is 14.1. The van der Waals surface area contributed by atoms with E-state index in [1.807, 2.05) is 12.1 Å². The van der Waals surface area contributed by atoms with Crippen molar-refractivity contribution < 1.29 is 28.0 Å². The Labute approximate surface area is 191 Å². The largest absolute Gasteiger partial charge is 2.00 e. The van der Waals surface area contributed by atoms with Crippen molar-refractivity contribution in [2.45, 2.75) is 26.2 Å². The predicted molar refractivity (Wildman–Crippen MR) is 105 cm³/mol. The van der Waals surface area contributed by atoms with Gasteiger partial charge < -0.3 is 28.0 Å². The zero-order valence-corrected chi connectivity index (χ0v) is 19.7. The first-order valence-corrected chi connectivity index (χ1v) is 11.7. The van der Waals surface area contributed by atoms with E-state index in [2.05, 4.69) is 9.05 Å². The van der Waals surface area contributed by atoms with Crippen molar-refractivity contribution in [3.63, 3.8) is 0 Å². The molecule has 0 saturated carbocycles. The Hall–Kier alpha value is -0.000260. The van der Waals surface area contributed by atoms with Crippen molar-refractivity contribution in [1.82, 2.24) is 0 Å². The van der Waals surface area contributed by atoms with Crippen molar-refractivity contribution in [3.8, 4) is 0 Å². The molecule has 2 unspecified atom stereocenters. The van der Waals surface area contributed by atoms with Crippen molar-refractivity contribution in [3.05, 3.63) is 71.8 Å². The molecule has 2 aromatic carbocycles. The molecule has 0 amide bonds. The van der Waals surface area contributed by atoms with Gasteiger partial charge in [0.25, 0.3) is 0 Å². The molecule has 2 rings (SSSR count).